The molecule has 0 aliphatic carbocycles. The molecule has 0 spiro atoms. The van der Waals surface area contributed by atoms with Gasteiger partial charge >= 0.3 is 51.2 Å². The summed E-state index contributed by atoms with van der Waals surface area (Å²) in [6.45, 7) is 0. The fraction of sp³-hybridized carbons (Fsp3) is 0. The van der Waals surface area contributed by atoms with E-state index in [9.17, 15) is 4.79 Å². The van der Waals surface area contributed by atoms with Crippen molar-refractivity contribution < 1.29 is 9.13 Å². The van der Waals surface area contributed by atoms with Gasteiger partial charge in [-0.15, -0.1) is 0 Å². The molecule has 0 aliphatic rings. The van der Waals surface area contributed by atoms with Gasteiger partial charge in [-0.2, -0.15) is 0 Å². The molecule has 0 aliphatic heterocycles. The second kappa shape index (κ2) is 2.45. The van der Waals surface area contributed by atoms with E-state index >= 15 is 0 Å². The number of amides is 1. The minimum atomic E-state index is -0.417. The Morgan fingerprint density at radius 2 is 2.67 bits per heavy atom. The number of nitrogen functional groups attached to an aromatic ring is 1. The zero-order valence-corrected chi connectivity index (χ0v) is 4.63. The van der Waals surface area contributed by atoms with E-state index in [4.69, 9.17) is 10.2 Å². The van der Waals surface area contributed by atoms with Crippen molar-refractivity contribution in [1.82, 2.24) is 5.43 Å². The van der Waals surface area contributed by atoms with Gasteiger partial charge in [0.2, 0.25) is 0 Å². The average Bonchev–Trinajstić information content (AvgIpc) is 2.37. The van der Waals surface area contributed by atoms with Crippen molar-refractivity contribution in [3.05, 3.63) is 17.8 Å². The summed E-state index contributed by atoms with van der Waals surface area (Å²) in [5.41, 5.74) is 1.93. The molecule has 3 N–H and O–H groups in total. The van der Waals surface area contributed by atoms with Crippen molar-refractivity contribution in [1.29, 1.82) is 0 Å². The maximum absolute atomic E-state index is 10.5. The second-order valence-corrected chi connectivity index (χ2v) is 1.45. The molecule has 0 bridgehead atoms. The monoisotopic (exact) mass is 124 g/mol. The Morgan fingerprint density at radius 1 is 1.89 bits per heavy atom. The van der Waals surface area contributed by atoms with Gasteiger partial charge < -0.3 is 0 Å². The number of hydrogen-bond donors (Lipinski definition) is 2. The normalized spacial score (nSPS) is 8.56. The van der Waals surface area contributed by atoms with Crippen molar-refractivity contribution in [3.63, 3.8) is 0 Å². The summed E-state index contributed by atoms with van der Waals surface area (Å²) in [5.74, 6) is 6.22. The van der Waals surface area contributed by atoms with Gasteiger partial charge in [0.1, 0.15) is 0 Å². The molecule has 0 aromatic carbocycles. The van der Waals surface area contributed by atoms with Crippen LogP contribution in [-0.4, -0.2) is 13.0 Å². The summed E-state index contributed by atoms with van der Waals surface area (Å²) in [6, 6.07) is 1.53. The minimum absolute atomic E-state index is 0.220. The number of nitrogens with two attached hydrogens (primary N) is 1. The summed E-state index contributed by atoms with van der Waals surface area (Å²) >= 11 is 0. The van der Waals surface area contributed by atoms with Crippen LogP contribution in [0.25, 0.3) is 0 Å². The van der Waals surface area contributed by atoms with Gasteiger partial charge in [-0.05, 0) is 0 Å². The van der Waals surface area contributed by atoms with E-state index in [1.807, 2.05) is 5.43 Å². The van der Waals surface area contributed by atoms with Gasteiger partial charge in [0.05, 0.1) is 0 Å². The molecule has 4 nitrogen and oxygen atoms in total. The van der Waals surface area contributed by atoms with E-state index in [-0.39, 0.29) is 5.76 Å². The van der Waals surface area contributed by atoms with Crippen LogP contribution in [0.5, 0.6) is 0 Å². The molecule has 0 saturated carbocycles. The van der Waals surface area contributed by atoms with Crippen LogP contribution in [0.2, 0.25) is 0 Å². The van der Waals surface area contributed by atoms with Crippen molar-refractivity contribution in [2.45, 2.75) is 0 Å². The Kier molecular flexibility index (Phi) is 1.64. The van der Waals surface area contributed by atoms with Crippen molar-refractivity contribution in [2.24, 2.45) is 5.84 Å². The molecule has 5 heteroatoms. The molecule has 1 aromatic heterocycles. The fourth-order valence-corrected chi connectivity index (χ4v) is 0.479. The molecule has 0 saturated heterocycles. The number of hydrogen-bond acceptors (Lipinski definition) is 3. The number of rotatable bonds is 1. The molecule has 1 rings (SSSR count). The van der Waals surface area contributed by atoms with Crippen molar-refractivity contribution in [2.75, 3.05) is 0 Å². The van der Waals surface area contributed by atoms with Crippen LogP contribution in [0.4, 0.5) is 0 Å². The van der Waals surface area contributed by atoms with Gasteiger partial charge in [0, 0.05) is 0 Å². The van der Waals surface area contributed by atoms with Crippen LogP contribution < -0.4 is 11.3 Å². The molecule has 0 unspecified atom stereocenters. The Balaban J connectivity index is 2.77. The van der Waals surface area contributed by atoms with Gasteiger partial charge in [-0.1, -0.05) is 0 Å². The fourth-order valence-electron chi connectivity index (χ4n) is 0.479. The summed E-state index contributed by atoms with van der Waals surface area (Å²) in [4.78, 5) is 10.5. The van der Waals surface area contributed by atoms with Gasteiger partial charge in [0.25, 0.3) is 0 Å². The van der Waals surface area contributed by atoms with E-state index in [0.717, 1.165) is 0 Å². The number of carbonyl (C=O) groups excluding carboxylic acids is 1. The van der Waals surface area contributed by atoms with E-state index in [1.165, 1.54) is 13.2 Å². The number of carbonyl (C=O) groups is 1. The zero-order chi connectivity index (χ0) is 6.69. The summed E-state index contributed by atoms with van der Waals surface area (Å²) in [7, 11) is 1.41. The summed E-state index contributed by atoms with van der Waals surface area (Å²) in [6.07, 6.45) is 0. The summed E-state index contributed by atoms with van der Waals surface area (Å²) in [5, 5.41) is 0. The van der Waals surface area contributed by atoms with Gasteiger partial charge in [-0.25, -0.2) is 0 Å². The van der Waals surface area contributed by atoms with Crippen LogP contribution >= 0.6 is 0 Å². The molecular weight excluding hydrogens is 119 g/mol. The zero-order valence-electron chi connectivity index (χ0n) is 4.63. The van der Waals surface area contributed by atoms with Crippen LogP contribution in [-0.2, 0) is 0 Å². The number of hydrazine groups is 1. The Bertz CT molecular complexity index is 196. The third-order valence-electron chi connectivity index (χ3n) is 0.876. The van der Waals surface area contributed by atoms with E-state index in [0.29, 0.717) is 0 Å². The molecule has 0 fully saturated rings. The van der Waals surface area contributed by atoms with E-state index < -0.39 is 5.91 Å². The molecule has 1 heterocycles. The van der Waals surface area contributed by atoms with E-state index in [2.05, 4.69) is 0 Å². The molecule has 1 amide bonds. The van der Waals surface area contributed by atoms with Crippen molar-refractivity contribution in [3.8, 4) is 0 Å². The Hall–Kier alpha value is -1.10. The Morgan fingerprint density at radius 3 is 3.11 bits per heavy atom. The third kappa shape index (κ3) is 1.17. The maximum atomic E-state index is 10.5. The standard InChI is InChI=1S/C4H5BN2O2/c6-7-4(8)3-1-2-5-9-3/h1-2H,6H2,(H,7,8). The average molecular weight is 124 g/mol. The van der Waals surface area contributed by atoms with Gasteiger partial charge in [-0.3, -0.25) is 0 Å². The SMILES string of the molecule is NNC(=O)c1ccbo1. The predicted molar refractivity (Wildman–Crippen MR) is 31.7 cm³/mol. The Labute approximate surface area is 52.2 Å². The first-order chi connectivity index (χ1) is 4.34. The van der Waals surface area contributed by atoms with Crippen LogP contribution in [0.15, 0.2) is 16.4 Å². The van der Waals surface area contributed by atoms with E-state index in [1.54, 1.807) is 5.96 Å². The molecular formula is C4H5BN2O2. The molecule has 46 valence electrons. The van der Waals surface area contributed by atoms with Crippen LogP contribution in [0.1, 0.15) is 10.6 Å². The molecule has 9 heavy (non-hydrogen) atoms. The molecule has 0 radical (unpaired) electrons. The first-order valence-corrected chi connectivity index (χ1v) is 2.39. The second-order valence-electron chi connectivity index (χ2n) is 1.45. The first kappa shape index (κ1) is 6.03. The topological polar surface area (TPSA) is 68.3 Å². The molecule has 1 aromatic rings. The molecule has 0 atom stereocenters. The van der Waals surface area contributed by atoms with Crippen LogP contribution in [0, 0.1) is 0 Å². The predicted octanol–water partition coefficient (Wildman–Crippen LogP) is -0.779. The quantitative estimate of drug-likeness (QED) is 0.293. The first-order valence-electron chi connectivity index (χ1n) is 2.39. The van der Waals surface area contributed by atoms with Crippen LogP contribution in [0.3, 0.4) is 0 Å². The third-order valence-corrected chi connectivity index (χ3v) is 0.876. The van der Waals surface area contributed by atoms with Crippen molar-refractivity contribution >= 4 is 13.0 Å². The number of nitrogens with one attached hydrogen (secondary N) is 1. The summed E-state index contributed by atoms with van der Waals surface area (Å²) < 4.78 is 4.69. The van der Waals surface area contributed by atoms with Gasteiger partial charge in [0.15, 0.2) is 0 Å².